The summed E-state index contributed by atoms with van der Waals surface area (Å²) in [5, 5.41) is 4.82. The van der Waals surface area contributed by atoms with Gasteiger partial charge in [-0.05, 0) is 49.1 Å². The summed E-state index contributed by atoms with van der Waals surface area (Å²) in [5.74, 6) is 2.53. The van der Waals surface area contributed by atoms with Crippen molar-refractivity contribution in [2.24, 2.45) is 7.05 Å². The second-order valence-corrected chi connectivity index (χ2v) is 7.45. The maximum Gasteiger partial charge on any atom is 0.245 e. The molecule has 162 valence electrons. The first-order chi connectivity index (χ1) is 14.1. The molecule has 0 bridgehead atoms. The minimum Gasteiger partial charge on any atom is -0.497 e. The molecule has 0 radical (unpaired) electrons. The van der Waals surface area contributed by atoms with Gasteiger partial charge in [0.05, 0.1) is 13.2 Å². The van der Waals surface area contributed by atoms with E-state index in [1.54, 1.807) is 7.11 Å². The molecular weight excluding hydrogens is 396 g/mol. The van der Waals surface area contributed by atoms with Gasteiger partial charge >= 0.3 is 0 Å². The molecule has 3 rings (SSSR count). The minimum atomic E-state index is 0. The fourth-order valence-electron chi connectivity index (χ4n) is 3.83. The molecule has 3 aromatic rings. The maximum absolute atomic E-state index is 5.35. The van der Waals surface area contributed by atoms with Gasteiger partial charge in [0.15, 0.2) is 5.82 Å². The Kier molecular flexibility index (Phi) is 8.72. The third kappa shape index (κ3) is 5.14. The lowest BCUT2D eigenvalue weighted by molar-refractivity contribution is 0.414. The Morgan fingerprint density at radius 3 is 2.40 bits per heavy atom. The number of methoxy groups -OCH3 is 1. The Hall–Kier alpha value is -2.53. The van der Waals surface area contributed by atoms with Crippen molar-refractivity contribution in [3.05, 3.63) is 59.7 Å². The number of rotatable bonds is 9. The normalized spacial score (nSPS) is 11.6. The van der Waals surface area contributed by atoms with Gasteiger partial charge in [-0.2, -0.15) is 4.98 Å². The van der Waals surface area contributed by atoms with Crippen LogP contribution >= 0.6 is 12.4 Å². The lowest BCUT2D eigenvalue weighted by atomic mass is 10.0. The Balaban J connectivity index is 0.00000320. The minimum absolute atomic E-state index is 0. The molecule has 0 aliphatic rings. The van der Waals surface area contributed by atoms with Crippen molar-refractivity contribution in [3.63, 3.8) is 0 Å². The van der Waals surface area contributed by atoms with Crippen molar-refractivity contribution < 1.29 is 4.74 Å². The average molecular weight is 429 g/mol. The van der Waals surface area contributed by atoms with Crippen LogP contribution in [0.1, 0.15) is 50.3 Å². The summed E-state index contributed by atoms with van der Waals surface area (Å²) in [4.78, 5) is 7.34. The molecule has 0 aliphatic carbocycles. The summed E-state index contributed by atoms with van der Waals surface area (Å²) >= 11 is 0. The van der Waals surface area contributed by atoms with E-state index in [1.807, 2.05) is 23.9 Å². The van der Waals surface area contributed by atoms with Crippen molar-refractivity contribution in [1.82, 2.24) is 14.8 Å². The molecule has 0 fully saturated rings. The first-order valence-corrected chi connectivity index (χ1v) is 10.5. The van der Waals surface area contributed by atoms with E-state index in [2.05, 4.69) is 62.1 Å². The summed E-state index contributed by atoms with van der Waals surface area (Å²) in [6, 6.07) is 17.1. The number of benzene rings is 2. The zero-order valence-electron chi connectivity index (χ0n) is 18.6. The van der Waals surface area contributed by atoms with E-state index in [9.17, 15) is 0 Å². The largest absolute Gasteiger partial charge is 0.497 e. The highest BCUT2D eigenvalue weighted by Crippen LogP contribution is 2.32. The molecule has 0 N–H and O–H groups in total. The van der Waals surface area contributed by atoms with Crippen LogP contribution < -0.4 is 9.64 Å². The number of aromatic nitrogens is 3. The van der Waals surface area contributed by atoms with Gasteiger partial charge in [-0.1, -0.05) is 50.6 Å². The fourth-order valence-corrected chi connectivity index (χ4v) is 3.83. The van der Waals surface area contributed by atoms with Crippen molar-refractivity contribution in [1.29, 1.82) is 0 Å². The molecule has 1 atom stereocenters. The number of hydrogen-bond donors (Lipinski definition) is 0. The van der Waals surface area contributed by atoms with Gasteiger partial charge in [-0.15, -0.1) is 17.5 Å². The van der Waals surface area contributed by atoms with Crippen molar-refractivity contribution in [2.75, 3.05) is 18.6 Å². The Morgan fingerprint density at radius 1 is 1.07 bits per heavy atom. The van der Waals surface area contributed by atoms with Gasteiger partial charge in [-0.25, -0.2) is 4.68 Å². The van der Waals surface area contributed by atoms with Gasteiger partial charge in [0, 0.05) is 19.2 Å². The molecule has 0 unspecified atom stereocenters. The molecule has 1 heterocycles. The summed E-state index contributed by atoms with van der Waals surface area (Å²) in [6.07, 6.45) is 3.22. The molecule has 0 spiro atoms. The number of hydrogen-bond acceptors (Lipinski definition) is 4. The third-order valence-corrected chi connectivity index (χ3v) is 5.27. The fraction of sp³-hybridized carbons (Fsp3) is 0.417. The highest BCUT2D eigenvalue weighted by atomic mass is 35.5. The molecule has 5 nitrogen and oxygen atoms in total. The summed E-state index contributed by atoms with van der Waals surface area (Å²) in [7, 11) is 3.66. The lowest BCUT2D eigenvalue weighted by Crippen LogP contribution is -2.30. The molecular formula is C24H33ClN4O. The zero-order chi connectivity index (χ0) is 20.8. The standard InChI is InChI=1S/C24H32N4O.ClH/c1-6-11-22(19-12-9-8-10-13-19)28(16-7-2)24-25-23(27(4)26-24)21-15-14-20(29-5)17-18(21)3;/h8-10,12-15,17,22H,6-7,11,16H2,1-5H3;1H/t22-;/m1./s1. The van der Waals surface area contributed by atoms with Crippen molar-refractivity contribution in [2.45, 2.75) is 46.1 Å². The molecule has 0 saturated heterocycles. The number of nitrogens with zero attached hydrogens (tertiary/aromatic N) is 4. The van der Waals surface area contributed by atoms with E-state index < -0.39 is 0 Å². The lowest BCUT2D eigenvalue weighted by Gasteiger charge is -2.31. The van der Waals surface area contributed by atoms with E-state index in [0.717, 1.165) is 54.5 Å². The topological polar surface area (TPSA) is 43.2 Å². The van der Waals surface area contributed by atoms with Crippen molar-refractivity contribution >= 4 is 18.4 Å². The Labute approximate surface area is 186 Å². The van der Waals surface area contributed by atoms with E-state index >= 15 is 0 Å². The smallest absolute Gasteiger partial charge is 0.245 e. The van der Waals surface area contributed by atoms with Crippen molar-refractivity contribution in [3.8, 4) is 17.1 Å². The third-order valence-electron chi connectivity index (χ3n) is 5.27. The van der Waals surface area contributed by atoms with Gasteiger partial charge < -0.3 is 9.64 Å². The number of anilines is 1. The summed E-state index contributed by atoms with van der Waals surface area (Å²) < 4.78 is 7.24. The second-order valence-electron chi connectivity index (χ2n) is 7.45. The molecule has 0 saturated carbocycles. The number of aryl methyl sites for hydroxylation is 2. The predicted molar refractivity (Wildman–Crippen MR) is 127 cm³/mol. The van der Waals surface area contributed by atoms with E-state index in [0.29, 0.717) is 0 Å². The van der Waals surface area contributed by atoms with Crippen LogP contribution in [0.25, 0.3) is 11.4 Å². The highest BCUT2D eigenvalue weighted by Gasteiger charge is 2.24. The van der Waals surface area contributed by atoms with Crippen LogP contribution in [0.4, 0.5) is 5.95 Å². The Morgan fingerprint density at radius 2 is 1.80 bits per heavy atom. The quantitative estimate of drug-likeness (QED) is 0.420. The monoisotopic (exact) mass is 428 g/mol. The average Bonchev–Trinajstić information content (AvgIpc) is 3.12. The maximum atomic E-state index is 5.35. The van der Waals surface area contributed by atoms with Crippen LogP contribution in [0.3, 0.4) is 0 Å². The number of ether oxygens (including phenoxy) is 1. The highest BCUT2D eigenvalue weighted by molar-refractivity contribution is 5.85. The van der Waals surface area contributed by atoms with E-state index in [-0.39, 0.29) is 18.4 Å². The van der Waals surface area contributed by atoms with Gasteiger partial charge in [-0.3, -0.25) is 0 Å². The van der Waals surface area contributed by atoms with Crippen LogP contribution in [0.2, 0.25) is 0 Å². The molecule has 2 aromatic carbocycles. The first kappa shape index (κ1) is 23.7. The predicted octanol–water partition coefficient (Wildman–Crippen LogP) is 5.98. The van der Waals surface area contributed by atoms with E-state index in [1.165, 1.54) is 5.56 Å². The van der Waals surface area contributed by atoms with Crippen LogP contribution in [0, 0.1) is 6.92 Å². The van der Waals surface area contributed by atoms with Gasteiger partial charge in [0.25, 0.3) is 0 Å². The second kappa shape index (κ2) is 11.0. The molecule has 1 aromatic heterocycles. The van der Waals surface area contributed by atoms with Gasteiger partial charge in [0.1, 0.15) is 5.75 Å². The van der Waals surface area contributed by atoms with Gasteiger partial charge in [0.2, 0.25) is 5.95 Å². The van der Waals surface area contributed by atoms with Crippen LogP contribution in [-0.4, -0.2) is 28.4 Å². The van der Waals surface area contributed by atoms with Crippen LogP contribution in [0.5, 0.6) is 5.75 Å². The zero-order valence-corrected chi connectivity index (χ0v) is 19.4. The molecule has 6 heteroatoms. The molecule has 0 amide bonds. The molecule has 30 heavy (non-hydrogen) atoms. The van der Waals surface area contributed by atoms with Crippen LogP contribution in [0.15, 0.2) is 48.5 Å². The Bertz CT molecular complexity index is 926. The summed E-state index contributed by atoms with van der Waals surface area (Å²) in [6.45, 7) is 7.45. The van der Waals surface area contributed by atoms with E-state index in [4.69, 9.17) is 14.8 Å². The molecule has 0 aliphatic heterocycles. The SMILES string of the molecule is CCC[C@H](c1ccccc1)N(CCC)c1nc(-c2ccc(OC)cc2C)n(C)n1.Cl. The first-order valence-electron chi connectivity index (χ1n) is 10.5. The summed E-state index contributed by atoms with van der Waals surface area (Å²) in [5.41, 5.74) is 3.52. The number of halogens is 1. The van der Waals surface area contributed by atoms with Crippen LogP contribution in [-0.2, 0) is 7.05 Å².